The minimum atomic E-state index is -2.92. The molecule has 4 rings (SSSR count). The normalized spacial score (nSPS) is 12.1. The molecule has 0 bridgehead atoms. The van der Waals surface area contributed by atoms with Crippen LogP contribution in [-0.2, 0) is 12.0 Å². The van der Waals surface area contributed by atoms with Crippen molar-refractivity contribution < 1.29 is 23.0 Å². The van der Waals surface area contributed by atoms with Gasteiger partial charge >= 0.3 is 6.61 Å². The number of ketones is 1. The lowest BCUT2D eigenvalue weighted by Crippen LogP contribution is -2.15. The maximum atomic E-state index is 13.1. The van der Waals surface area contributed by atoms with Crippen LogP contribution in [0.25, 0.3) is 5.69 Å². The van der Waals surface area contributed by atoms with E-state index >= 15 is 0 Å². The molecule has 0 spiro atoms. The van der Waals surface area contributed by atoms with Gasteiger partial charge in [-0.05, 0) is 66.4 Å². The van der Waals surface area contributed by atoms with E-state index in [2.05, 4.69) is 47.8 Å². The highest BCUT2D eigenvalue weighted by Crippen LogP contribution is 2.29. The summed E-state index contributed by atoms with van der Waals surface area (Å²) in [5, 5.41) is 8.74. The average molecular weight is 619 g/mol. The van der Waals surface area contributed by atoms with E-state index in [-0.39, 0.29) is 40.5 Å². The third-order valence-electron chi connectivity index (χ3n) is 5.82. The largest absolute Gasteiger partial charge is 0.486 e. The number of carbonyl (C=O) groups is 1. The number of thioether (sulfide) groups is 1. The van der Waals surface area contributed by atoms with Gasteiger partial charge in [0.1, 0.15) is 18.1 Å². The number of halogens is 3. The molecule has 0 saturated carbocycles. The van der Waals surface area contributed by atoms with Gasteiger partial charge in [-0.3, -0.25) is 9.36 Å². The fourth-order valence-corrected chi connectivity index (χ4v) is 4.72. The van der Waals surface area contributed by atoms with E-state index in [9.17, 15) is 13.6 Å². The van der Waals surface area contributed by atoms with Crippen LogP contribution >= 0.6 is 28.7 Å². The van der Waals surface area contributed by atoms with Crippen LogP contribution in [0.1, 0.15) is 49.4 Å². The lowest BCUT2D eigenvalue weighted by atomic mass is 9.87. The number of hydrogen-bond donors (Lipinski definition) is 0. The standard InChI is InChI=1S/C29H29F2N3O3S.BrH/c1-19(26(35)20-10-14-24(15-11-20)37-27(30)31)38-28-33-32-25(34(28)22-8-6-5-7-9-22)18-36-23-16-12-21(13-17-23)29(2,3)4;/h5-17,19,27H,18H2,1-4H3;1H. The average Bonchev–Trinajstić information content (AvgIpc) is 3.29. The van der Waals surface area contributed by atoms with Crippen molar-refractivity contribution in [1.29, 1.82) is 0 Å². The predicted octanol–water partition coefficient (Wildman–Crippen LogP) is 7.69. The van der Waals surface area contributed by atoms with Gasteiger partial charge in [-0.15, -0.1) is 27.2 Å². The lowest BCUT2D eigenvalue weighted by molar-refractivity contribution is -0.0498. The monoisotopic (exact) mass is 617 g/mol. The lowest BCUT2D eigenvalue weighted by Gasteiger charge is -2.19. The van der Waals surface area contributed by atoms with E-state index in [1.165, 1.54) is 41.6 Å². The summed E-state index contributed by atoms with van der Waals surface area (Å²) in [6.07, 6.45) is 0. The summed E-state index contributed by atoms with van der Waals surface area (Å²) in [5.41, 5.74) is 2.49. The van der Waals surface area contributed by atoms with Crippen molar-refractivity contribution in [1.82, 2.24) is 14.8 Å². The van der Waals surface area contributed by atoms with Crippen LogP contribution in [-0.4, -0.2) is 32.4 Å². The number of benzene rings is 3. The minimum Gasteiger partial charge on any atom is -0.486 e. The molecule has 1 atom stereocenters. The molecule has 1 unspecified atom stereocenters. The molecule has 0 radical (unpaired) electrons. The molecule has 1 heterocycles. The molecule has 206 valence electrons. The van der Waals surface area contributed by atoms with Crippen molar-refractivity contribution in [2.45, 2.75) is 56.7 Å². The maximum Gasteiger partial charge on any atom is 0.387 e. The SMILES string of the molecule is Br.CC(Sc1nnc(COc2ccc(C(C)(C)C)cc2)n1-c1ccccc1)C(=O)c1ccc(OC(F)F)cc1. The number of para-hydroxylation sites is 1. The van der Waals surface area contributed by atoms with E-state index in [1.54, 1.807) is 6.92 Å². The summed E-state index contributed by atoms with van der Waals surface area (Å²) in [6, 6.07) is 23.3. The Labute approximate surface area is 241 Å². The summed E-state index contributed by atoms with van der Waals surface area (Å²) in [5.74, 6) is 1.14. The number of rotatable bonds is 10. The Bertz CT molecular complexity index is 1360. The Morgan fingerprint density at radius 2 is 1.54 bits per heavy atom. The van der Waals surface area contributed by atoms with E-state index in [0.717, 1.165) is 11.4 Å². The van der Waals surface area contributed by atoms with Gasteiger partial charge in [0.2, 0.25) is 0 Å². The molecular formula is C29H30BrF2N3O3S. The first-order valence-electron chi connectivity index (χ1n) is 12.1. The highest BCUT2D eigenvalue weighted by atomic mass is 79.9. The first-order valence-corrected chi connectivity index (χ1v) is 13.0. The molecule has 0 aliphatic heterocycles. The zero-order chi connectivity index (χ0) is 27.3. The Balaban J connectivity index is 0.00000420. The first kappa shape index (κ1) is 30.3. The van der Waals surface area contributed by atoms with Crippen LogP contribution in [0.15, 0.2) is 84.0 Å². The molecule has 0 N–H and O–H groups in total. The van der Waals surface area contributed by atoms with Crippen molar-refractivity contribution in [3.8, 4) is 17.2 Å². The molecule has 3 aromatic carbocycles. The molecule has 1 aromatic heterocycles. The first-order chi connectivity index (χ1) is 18.1. The number of Topliss-reactive ketones (excluding diaryl/α,β-unsaturated/α-hetero) is 1. The number of ether oxygens (including phenoxy) is 2. The Hall–Kier alpha value is -3.24. The molecule has 0 saturated heterocycles. The number of aromatic nitrogens is 3. The molecule has 0 aliphatic carbocycles. The summed E-state index contributed by atoms with van der Waals surface area (Å²) >= 11 is 1.26. The Kier molecular flexibility index (Phi) is 10.3. The van der Waals surface area contributed by atoms with Gasteiger partial charge in [-0.2, -0.15) is 8.78 Å². The minimum absolute atomic E-state index is 0. The van der Waals surface area contributed by atoms with Gasteiger partial charge in [0.05, 0.1) is 5.25 Å². The topological polar surface area (TPSA) is 66.2 Å². The van der Waals surface area contributed by atoms with Gasteiger partial charge in [0.25, 0.3) is 0 Å². The number of alkyl halides is 2. The summed E-state index contributed by atoms with van der Waals surface area (Å²) < 4.78 is 37.1. The highest BCUT2D eigenvalue weighted by molar-refractivity contribution is 8.93. The molecule has 4 aromatic rings. The van der Waals surface area contributed by atoms with Crippen LogP contribution in [0.4, 0.5) is 8.78 Å². The number of hydrogen-bond acceptors (Lipinski definition) is 6. The molecule has 6 nitrogen and oxygen atoms in total. The van der Waals surface area contributed by atoms with Gasteiger partial charge < -0.3 is 9.47 Å². The Morgan fingerprint density at radius 3 is 2.13 bits per heavy atom. The van der Waals surface area contributed by atoms with E-state index in [1.807, 2.05) is 47.0 Å². The molecule has 0 fully saturated rings. The summed E-state index contributed by atoms with van der Waals surface area (Å²) in [7, 11) is 0. The van der Waals surface area contributed by atoms with Gasteiger partial charge in [0, 0.05) is 11.3 Å². The van der Waals surface area contributed by atoms with Crippen molar-refractivity contribution in [2.24, 2.45) is 0 Å². The van der Waals surface area contributed by atoms with Crippen molar-refractivity contribution in [2.75, 3.05) is 0 Å². The van der Waals surface area contributed by atoms with Crippen LogP contribution in [0.2, 0.25) is 0 Å². The van der Waals surface area contributed by atoms with E-state index in [0.29, 0.717) is 16.5 Å². The van der Waals surface area contributed by atoms with Crippen LogP contribution in [0.3, 0.4) is 0 Å². The van der Waals surface area contributed by atoms with Gasteiger partial charge in [-0.25, -0.2) is 0 Å². The second-order valence-corrected chi connectivity index (χ2v) is 11.0. The fraction of sp³-hybridized carbons (Fsp3) is 0.276. The van der Waals surface area contributed by atoms with Crippen LogP contribution in [0, 0.1) is 0 Å². The van der Waals surface area contributed by atoms with Crippen molar-refractivity contribution in [3.63, 3.8) is 0 Å². The van der Waals surface area contributed by atoms with Crippen molar-refractivity contribution >= 4 is 34.5 Å². The molecule has 0 aliphatic rings. The summed E-state index contributed by atoms with van der Waals surface area (Å²) in [6.45, 7) is 5.52. The maximum absolute atomic E-state index is 13.1. The van der Waals surface area contributed by atoms with Gasteiger partial charge in [-0.1, -0.05) is 62.9 Å². The van der Waals surface area contributed by atoms with Crippen LogP contribution in [0.5, 0.6) is 11.5 Å². The number of carbonyl (C=O) groups excluding carboxylic acids is 1. The smallest absolute Gasteiger partial charge is 0.387 e. The zero-order valence-corrected chi connectivity index (χ0v) is 24.5. The fourth-order valence-electron chi connectivity index (χ4n) is 3.75. The van der Waals surface area contributed by atoms with E-state index < -0.39 is 11.9 Å². The predicted molar refractivity (Wildman–Crippen MR) is 154 cm³/mol. The van der Waals surface area contributed by atoms with Crippen molar-refractivity contribution in [3.05, 3.63) is 95.8 Å². The molecule has 39 heavy (non-hydrogen) atoms. The molecular weight excluding hydrogens is 588 g/mol. The summed E-state index contributed by atoms with van der Waals surface area (Å²) in [4.78, 5) is 13.1. The second-order valence-electron chi connectivity index (χ2n) is 9.66. The quantitative estimate of drug-likeness (QED) is 0.134. The molecule has 0 amide bonds. The molecule has 10 heteroatoms. The zero-order valence-electron chi connectivity index (χ0n) is 22.0. The van der Waals surface area contributed by atoms with E-state index in [4.69, 9.17) is 4.74 Å². The third-order valence-corrected chi connectivity index (χ3v) is 6.86. The second kappa shape index (κ2) is 13.2. The third kappa shape index (κ3) is 7.89. The number of nitrogens with zero attached hydrogens (tertiary/aromatic N) is 3. The van der Waals surface area contributed by atoms with Crippen LogP contribution < -0.4 is 9.47 Å². The van der Waals surface area contributed by atoms with Gasteiger partial charge in [0.15, 0.2) is 16.8 Å². The highest BCUT2D eigenvalue weighted by Gasteiger charge is 2.23. The Morgan fingerprint density at radius 1 is 0.923 bits per heavy atom.